The molecule has 0 spiro atoms. The summed E-state index contributed by atoms with van der Waals surface area (Å²) in [4.78, 5) is 48.8. The maximum absolute atomic E-state index is 13.0. The molecule has 30 heavy (non-hydrogen) atoms. The molecule has 0 bridgehead atoms. The van der Waals surface area contributed by atoms with E-state index >= 15 is 0 Å². The van der Waals surface area contributed by atoms with Gasteiger partial charge in [0, 0.05) is 50.1 Å². The van der Waals surface area contributed by atoms with Gasteiger partial charge in [-0.3, -0.25) is 14.4 Å². The minimum absolute atomic E-state index is 0.00538. The topological polar surface area (TPSA) is 110 Å². The summed E-state index contributed by atoms with van der Waals surface area (Å²) in [6.45, 7) is 5.80. The number of Topliss-reactive ketones (excluding diaryl/α,β-unsaturated/α-hetero) is 1. The number of H-pyrrole nitrogens is 1. The largest absolute Gasteiger partial charge is 0.352 e. The number of pyridine rings is 2. The van der Waals surface area contributed by atoms with Crippen LogP contribution in [0.4, 0.5) is 5.82 Å². The molecule has 1 amide bonds. The number of piperazine rings is 1. The third-order valence-electron chi connectivity index (χ3n) is 5.72. The molecule has 0 saturated carbocycles. The molecule has 0 unspecified atom stereocenters. The molecule has 8 nitrogen and oxygen atoms in total. The number of hydrogen-bond donors (Lipinski definition) is 1. The van der Waals surface area contributed by atoms with Crippen molar-refractivity contribution in [3.05, 3.63) is 57.1 Å². The van der Waals surface area contributed by atoms with E-state index in [1.54, 1.807) is 23.2 Å². The zero-order valence-corrected chi connectivity index (χ0v) is 17.1. The minimum Gasteiger partial charge on any atom is -0.352 e. The predicted molar refractivity (Wildman–Crippen MR) is 111 cm³/mol. The van der Waals surface area contributed by atoms with Crippen LogP contribution in [0.2, 0.25) is 0 Å². The Labute approximate surface area is 174 Å². The van der Waals surface area contributed by atoms with Gasteiger partial charge in [-0.1, -0.05) is 13.8 Å². The highest BCUT2D eigenvalue weighted by molar-refractivity contribution is 6.02. The Morgan fingerprint density at radius 2 is 1.93 bits per heavy atom. The fourth-order valence-electron chi connectivity index (χ4n) is 4.21. The van der Waals surface area contributed by atoms with E-state index in [0.29, 0.717) is 61.7 Å². The lowest BCUT2D eigenvalue weighted by Gasteiger charge is -2.35. The van der Waals surface area contributed by atoms with Gasteiger partial charge in [-0.25, -0.2) is 4.98 Å². The van der Waals surface area contributed by atoms with Gasteiger partial charge < -0.3 is 14.8 Å². The number of fused-ring (bicyclic) bond motifs is 1. The van der Waals surface area contributed by atoms with Crippen LogP contribution in [-0.4, -0.2) is 52.7 Å². The van der Waals surface area contributed by atoms with E-state index in [4.69, 9.17) is 0 Å². The quantitative estimate of drug-likeness (QED) is 0.815. The van der Waals surface area contributed by atoms with Crippen molar-refractivity contribution in [3.8, 4) is 6.07 Å². The number of carbonyl (C=O) groups excluding carboxylic acids is 2. The first-order valence-corrected chi connectivity index (χ1v) is 9.98. The van der Waals surface area contributed by atoms with E-state index in [2.05, 4.69) is 16.0 Å². The lowest BCUT2D eigenvalue weighted by atomic mass is 9.75. The van der Waals surface area contributed by atoms with E-state index in [1.807, 2.05) is 18.7 Å². The van der Waals surface area contributed by atoms with Gasteiger partial charge in [-0.15, -0.1) is 0 Å². The predicted octanol–water partition coefficient (Wildman–Crippen LogP) is 1.76. The highest BCUT2D eigenvalue weighted by Gasteiger charge is 2.33. The number of nitrogens with one attached hydrogen (secondary N) is 1. The molecule has 8 heteroatoms. The number of ketones is 1. The molecular formula is C22H23N5O3. The average molecular weight is 405 g/mol. The van der Waals surface area contributed by atoms with E-state index in [9.17, 15) is 19.6 Å². The summed E-state index contributed by atoms with van der Waals surface area (Å²) in [5.41, 5.74) is 0.895. The molecule has 2 aromatic rings. The van der Waals surface area contributed by atoms with Crippen LogP contribution in [0.3, 0.4) is 0 Å². The van der Waals surface area contributed by atoms with Gasteiger partial charge in [0.25, 0.3) is 11.5 Å². The van der Waals surface area contributed by atoms with E-state index in [-0.39, 0.29) is 22.7 Å². The number of aromatic nitrogens is 2. The Balaban J connectivity index is 1.53. The van der Waals surface area contributed by atoms with Crippen molar-refractivity contribution in [2.24, 2.45) is 5.41 Å². The molecule has 0 radical (unpaired) electrons. The molecule has 2 aromatic heterocycles. The lowest BCUT2D eigenvalue weighted by molar-refractivity contribution is 0.0744. The number of anilines is 1. The fraction of sp³-hybridized carbons (Fsp3) is 0.409. The maximum Gasteiger partial charge on any atom is 0.261 e. The molecule has 0 aromatic carbocycles. The van der Waals surface area contributed by atoms with Crippen molar-refractivity contribution in [2.45, 2.75) is 26.7 Å². The molecule has 4 rings (SSSR count). The molecule has 154 valence electrons. The standard InChI is InChI=1S/C22H23N5O3/c1-22(2)11-17-15(18(28)12-22)10-16(20(29)25-17)21(30)27-8-6-26(7-9-27)19-14(13-23)4-3-5-24-19/h3-5,10H,6-9,11-12H2,1-2H3,(H,25,29). The lowest BCUT2D eigenvalue weighted by Crippen LogP contribution is -2.50. The summed E-state index contributed by atoms with van der Waals surface area (Å²) in [6.07, 6.45) is 2.63. The second-order valence-corrected chi connectivity index (χ2v) is 8.61. The third kappa shape index (κ3) is 3.59. The summed E-state index contributed by atoms with van der Waals surface area (Å²) in [5, 5.41) is 9.27. The van der Waals surface area contributed by atoms with Crippen LogP contribution < -0.4 is 10.5 Å². The zero-order valence-electron chi connectivity index (χ0n) is 17.1. The Hall–Kier alpha value is -3.47. The summed E-state index contributed by atoms with van der Waals surface area (Å²) < 4.78 is 0. The van der Waals surface area contributed by atoms with E-state index in [1.165, 1.54) is 6.07 Å². The van der Waals surface area contributed by atoms with Crippen LogP contribution in [0, 0.1) is 16.7 Å². The van der Waals surface area contributed by atoms with Crippen molar-refractivity contribution in [1.29, 1.82) is 5.26 Å². The molecule has 2 aliphatic rings. The van der Waals surface area contributed by atoms with Crippen LogP contribution in [0.25, 0.3) is 0 Å². The van der Waals surface area contributed by atoms with Gasteiger partial charge in [-0.2, -0.15) is 5.26 Å². The van der Waals surface area contributed by atoms with Gasteiger partial charge in [0.05, 0.1) is 5.56 Å². The smallest absolute Gasteiger partial charge is 0.261 e. The number of rotatable bonds is 2. The van der Waals surface area contributed by atoms with E-state index < -0.39 is 5.56 Å². The highest BCUT2D eigenvalue weighted by atomic mass is 16.2. The Morgan fingerprint density at radius 3 is 2.63 bits per heavy atom. The van der Waals surface area contributed by atoms with Gasteiger partial charge in [0.2, 0.25) is 0 Å². The van der Waals surface area contributed by atoms with Crippen LogP contribution in [0.15, 0.2) is 29.2 Å². The van der Waals surface area contributed by atoms with Crippen LogP contribution >= 0.6 is 0 Å². The van der Waals surface area contributed by atoms with Crippen molar-refractivity contribution < 1.29 is 9.59 Å². The second kappa shape index (κ2) is 7.41. The number of hydrogen-bond acceptors (Lipinski definition) is 6. The first-order valence-electron chi connectivity index (χ1n) is 9.98. The summed E-state index contributed by atoms with van der Waals surface area (Å²) in [7, 11) is 0. The highest BCUT2D eigenvalue weighted by Crippen LogP contribution is 2.33. The number of nitriles is 1. The van der Waals surface area contributed by atoms with E-state index in [0.717, 1.165) is 0 Å². The molecule has 0 atom stereocenters. The molecule has 1 fully saturated rings. The monoisotopic (exact) mass is 405 g/mol. The Morgan fingerprint density at radius 1 is 1.20 bits per heavy atom. The van der Waals surface area contributed by atoms with Crippen molar-refractivity contribution in [1.82, 2.24) is 14.9 Å². The first-order chi connectivity index (χ1) is 14.3. The van der Waals surface area contributed by atoms with Crippen LogP contribution in [0.5, 0.6) is 0 Å². The van der Waals surface area contributed by atoms with Crippen LogP contribution in [-0.2, 0) is 6.42 Å². The maximum atomic E-state index is 13.0. The molecule has 1 aliphatic carbocycles. The van der Waals surface area contributed by atoms with Gasteiger partial charge in [0.1, 0.15) is 17.5 Å². The number of carbonyl (C=O) groups is 2. The second-order valence-electron chi connectivity index (χ2n) is 8.61. The Bertz CT molecular complexity index is 1120. The van der Waals surface area contributed by atoms with Gasteiger partial charge in [0.15, 0.2) is 5.78 Å². The van der Waals surface area contributed by atoms with Gasteiger partial charge >= 0.3 is 0 Å². The minimum atomic E-state index is -0.455. The van der Waals surface area contributed by atoms with Crippen molar-refractivity contribution in [3.63, 3.8) is 0 Å². The first kappa shape index (κ1) is 19.8. The summed E-state index contributed by atoms with van der Waals surface area (Å²) >= 11 is 0. The molecular weight excluding hydrogens is 382 g/mol. The molecule has 1 saturated heterocycles. The number of amides is 1. The summed E-state index contributed by atoms with van der Waals surface area (Å²) in [5.74, 6) is 0.181. The van der Waals surface area contributed by atoms with Crippen molar-refractivity contribution in [2.75, 3.05) is 31.1 Å². The average Bonchev–Trinajstić information content (AvgIpc) is 2.72. The van der Waals surface area contributed by atoms with Gasteiger partial charge in [-0.05, 0) is 30.0 Å². The zero-order chi connectivity index (χ0) is 21.5. The molecule has 1 aliphatic heterocycles. The van der Waals surface area contributed by atoms with Crippen LogP contribution in [0.1, 0.15) is 52.2 Å². The molecule has 1 N–H and O–H groups in total. The SMILES string of the molecule is CC1(C)CC(=O)c2cc(C(=O)N3CCN(c4ncccc4C#N)CC3)c(=O)[nH]c2C1. The fourth-order valence-corrected chi connectivity index (χ4v) is 4.21. The number of aromatic amines is 1. The summed E-state index contributed by atoms with van der Waals surface area (Å²) in [6, 6.07) is 7.03. The Kier molecular flexibility index (Phi) is 4.90. The van der Waals surface area contributed by atoms with Crippen molar-refractivity contribution >= 4 is 17.5 Å². The molecule has 3 heterocycles. The normalized spacial score (nSPS) is 18.0. The number of nitrogens with zero attached hydrogens (tertiary/aromatic N) is 4. The third-order valence-corrected chi connectivity index (χ3v) is 5.72.